The Bertz CT molecular complexity index is 243. The Balaban J connectivity index is 2.18. The quantitative estimate of drug-likeness (QED) is 0.700. The van der Waals surface area contributed by atoms with Crippen LogP contribution in [0.15, 0.2) is 12.2 Å². The van der Waals surface area contributed by atoms with E-state index in [9.17, 15) is 4.79 Å². The third-order valence-corrected chi connectivity index (χ3v) is 2.66. The average molecular weight is 225 g/mol. The zero-order valence-corrected chi connectivity index (χ0v) is 10.6. The molecule has 0 atom stereocenters. The fraction of sp³-hybridized carbons (Fsp3) is 0.750. The summed E-state index contributed by atoms with van der Waals surface area (Å²) in [5.74, 6) is 0.00382. The highest BCUT2D eigenvalue weighted by Crippen LogP contribution is 1.98. The number of piperazine rings is 1. The van der Waals surface area contributed by atoms with Crippen LogP contribution in [-0.2, 0) is 4.79 Å². The molecule has 1 aliphatic heterocycles. The first kappa shape index (κ1) is 13.2. The SMILES string of the molecule is CC(C)NC(=O)/C=C/CN1CCN(C)CC1. The third-order valence-electron chi connectivity index (χ3n) is 2.66. The largest absolute Gasteiger partial charge is 0.350 e. The van der Waals surface area contributed by atoms with Gasteiger partial charge in [0.15, 0.2) is 0 Å². The molecule has 1 saturated heterocycles. The van der Waals surface area contributed by atoms with Crippen LogP contribution < -0.4 is 5.32 Å². The summed E-state index contributed by atoms with van der Waals surface area (Å²) in [7, 11) is 2.14. The molecule has 4 nitrogen and oxygen atoms in total. The second kappa shape index (κ2) is 6.66. The summed E-state index contributed by atoms with van der Waals surface area (Å²) in [6.07, 6.45) is 3.58. The maximum atomic E-state index is 11.3. The molecule has 1 aliphatic rings. The first-order valence-electron chi connectivity index (χ1n) is 5.96. The van der Waals surface area contributed by atoms with E-state index in [1.165, 1.54) is 0 Å². The van der Waals surface area contributed by atoms with Gasteiger partial charge in [-0.1, -0.05) is 6.08 Å². The van der Waals surface area contributed by atoms with Gasteiger partial charge in [-0.3, -0.25) is 9.69 Å². The van der Waals surface area contributed by atoms with E-state index in [2.05, 4.69) is 22.2 Å². The molecule has 4 heteroatoms. The summed E-state index contributed by atoms with van der Waals surface area (Å²) in [5, 5.41) is 2.84. The van der Waals surface area contributed by atoms with Crippen molar-refractivity contribution in [2.24, 2.45) is 0 Å². The zero-order chi connectivity index (χ0) is 12.0. The Morgan fingerprint density at radius 2 is 1.94 bits per heavy atom. The molecule has 0 aromatic rings. The molecule has 0 spiro atoms. The summed E-state index contributed by atoms with van der Waals surface area (Å²) < 4.78 is 0. The smallest absolute Gasteiger partial charge is 0.243 e. The molecule has 1 N–H and O–H groups in total. The van der Waals surface area contributed by atoms with Gasteiger partial charge in [0.1, 0.15) is 0 Å². The Kier molecular flexibility index (Phi) is 5.49. The number of nitrogens with one attached hydrogen (secondary N) is 1. The highest BCUT2D eigenvalue weighted by atomic mass is 16.1. The van der Waals surface area contributed by atoms with E-state index in [0.717, 1.165) is 32.7 Å². The van der Waals surface area contributed by atoms with Gasteiger partial charge in [-0.2, -0.15) is 0 Å². The van der Waals surface area contributed by atoms with E-state index >= 15 is 0 Å². The van der Waals surface area contributed by atoms with Crippen molar-refractivity contribution in [3.63, 3.8) is 0 Å². The maximum absolute atomic E-state index is 11.3. The molecule has 1 heterocycles. The minimum atomic E-state index is 0.00382. The van der Waals surface area contributed by atoms with Gasteiger partial charge in [-0.25, -0.2) is 0 Å². The van der Waals surface area contributed by atoms with Crippen LogP contribution in [0.4, 0.5) is 0 Å². The van der Waals surface area contributed by atoms with Crippen molar-refractivity contribution in [3.8, 4) is 0 Å². The summed E-state index contributed by atoms with van der Waals surface area (Å²) in [4.78, 5) is 16.0. The normalized spacial score (nSPS) is 19.5. The van der Waals surface area contributed by atoms with Gasteiger partial charge < -0.3 is 10.2 Å². The van der Waals surface area contributed by atoms with Crippen LogP contribution in [0.1, 0.15) is 13.8 Å². The van der Waals surface area contributed by atoms with Crippen LogP contribution >= 0.6 is 0 Å². The molecule has 0 bridgehead atoms. The van der Waals surface area contributed by atoms with Crippen molar-refractivity contribution in [1.29, 1.82) is 0 Å². The summed E-state index contributed by atoms with van der Waals surface area (Å²) in [6, 6.07) is 0.209. The van der Waals surface area contributed by atoms with Crippen molar-refractivity contribution >= 4 is 5.91 Å². The number of hydrogen-bond donors (Lipinski definition) is 1. The lowest BCUT2D eigenvalue weighted by Crippen LogP contribution is -2.44. The minimum absolute atomic E-state index is 0.00382. The van der Waals surface area contributed by atoms with Crippen LogP contribution in [0, 0.1) is 0 Å². The zero-order valence-electron chi connectivity index (χ0n) is 10.6. The fourth-order valence-electron chi connectivity index (χ4n) is 1.67. The third kappa shape index (κ3) is 5.28. The molecule has 0 aliphatic carbocycles. The van der Waals surface area contributed by atoms with Crippen LogP contribution in [0.25, 0.3) is 0 Å². The lowest BCUT2D eigenvalue weighted by atomic mass is 10.3. The van der Waals surface area contributed by atoms with Crippen LogP contribution in [0.2, 0.25) is 0 Å². The van der Waals surface area contributed by atoms with Gasteiger partial charge in [0.2, 0.25) is 5.91 Å². The monoisotopic (exact) mass is 225 g/mol. The molecule has 0 unspecified atom stereocenters. The number of nitrogens with zero attached hydrogens (tertiary/aromatic N) is 2. The van der Waals surface area contributed by atoms with Gasteiger partial charge in [0, 0.05) is 44.8 Å². The number of rotatable bonds is 4. The van der Waals surface area contributed by atoms with Gasteiger partial charge in [-0.05, 0) is 20.9 Å². The van der Waals surface area contributed by atoms with Gasteiger partial charge in [0.25, 0.3) is 0 Å². The highest BCUT2D eigenvalue weighted by molar-refractivity contribution is 5.87. The van der Waals surface area contributed by atoms with E-state index in [1.807, 2.05) is 19.9 Å². The van der Waals surface area contributed by atoms with Crippen LogP contribution in [-0.4, -0.2) is 61.5 Å². The minimum Gasteiger partial charge on any atom is -0.350 e. The molecule has 16 heavy (non-hydrogen) atoms. The molecule has 0 aromatic carbocycles. The molecule has 92 valence electrons. The molecule has 1 rings (SSSR count). The Hall–Kier alpha value is -0.870. The Morgan fingerprint density at radius 3 is 2.50 bits per heavy atom. The van der Waals surface area contributed by atoms with E-state index in [4.69, 9.17) is 0 Å². The second-order valence-electron chi connectivity index (χ2n) is 4.67. The van der Waals surface area contributed by atoms with Crippen molar-refractivity contribution in [1.82, 2.24) is 15.1 Å². The first-order valence-corrected chi connectivity index (χ1v) is 5.96. The lowest BCUT2D eigenvalue weighted by Gasteiger charge is -2.31. The lowest BCUT2D eigenvalue weighted by molar-refractivity contribution is -0.116. The van der Waals surface area contributed by atoms with Crippen LogP contribution in [0.3, 0.4) is 0 Å². The average Bonchev–Trinajstić information content (AvgIpc) is 2.20. The number of hydrogen-bond acceptors (Lipinski definition) is 3. The summed E-state index contributed by atoms with van der Waals surface area (Å²) in [5.41, 5.74) is 0. The second-order valence-corrected chi connectivity index (χ2v) is 4.67. The standard InChI is InChI=1S/C12H23N3O/c1-11(2)13-12(16)5-4-6-15-9-7-14(3)8-10-15/h4-5,11H,6-10H2,1-3H3,(H,13,16)/b5-4+. The topological polar surface area (TPSA) is 35.6 Å². The van der Waals surface area contributed by atoms with Gasteiger partial charge in [-0.15, -0.1) is 0 Å². The van der Waals surface area contributed by atoms with Crippen molar-refractivity contribution in [2.45, 2.75) is 19.9 Å². The van der Waals surface area contributed by atoms with Crippen LogP contribution in [0.5, 0.6) is 0 Å². The number of likely N-dealkylation sites (N-methyl/N-ethyl adjacent to an activating group) is 1. The van der Waals surface area contributed by atoms with E-state index in [1.54, 1.807) is 6.08 Å². The molecule has 0 saturated carbocycles. The number of carbonyl (C=O) groups excluding carboxylic acids is 1. The molecule has 1 fully saturated rings. The highest BCUT2D eigenvalue weighted by Gasteiger charge is 2.11. The molecular weight excluding hydrogens is 202 g/mol. The molecule has 0 aromatic heterocycles. The summed E-state index contributed by atoms with van der Waals surface area (Å²) >= 11 is 0. The fourth-order valence-corrected chi connectivity index (χ4v) is 1.67. The van der Waals surface area contributed by atoms with Crippen molar-refractivity contribution in [3.05, 3.63) is 12.2 Å². The molecular formula is C12H23N3O. The number of amides is 1. The first-order chi connectivity index (χ1) is 7.58. The molecule has 1 amide bonds. The predicted octanol–water partition coefficient (Wildman–Crippen LogP) is 0.315. The van der Waals surface area contributed by atoms with Crippen molar-refractivity contribution < 1.29 is 4.79 Å². The summed E-state index contributed by atoms with van der Waals surface area (Å²) in [6.45, 7) is 9.22. The Labute approximate surface area is 98.3 Å². The maximum Gasteiger partial charge on any atom is 0.243 e. The van der Waals surface area contributed by atoms with Crippen molar-refractivity contribution in [2.75, 3.05) is 39.8 Å². The number of carbonyl (C=O) groups is 1. The van der Waals surface area contributed by atoms with E-state index in [0.29, 0.717) is 0 Å². The molecule has 0 radical (unpaired) electrons. The van der Waals surface area contributed by atoms with Gasteiger partial charge in [0.05, 0.1) is 0 Å². The van der Waals surface area contributed by atoms with Gasteiger partial charge >= 0.3 is 0 Å². The van der Waals surface area contributed by atoms with E-state index < -0.39 is 0 Å². The van der Waals surface area contributed by atoms with E-state index in [-0.39, 0.29) is 11.9 Å². The Morgan fingerprint density at radius 1 is 1.31 bits per heavy atom. The predicted molar refractivity (Wildman–Crippen MR) is 66.4 cm³/mol.